The SMILES string of the molecule is COC(=O)[C@@H]1CN(c2ccccc2)C[C@@H]1C(=O)c1ccccc1. The highest BCUT2D eigenvalue weighted by atomic mass is 16.5. The molecule has 0 aromatic heterocycles. The maximum absolute atomic E-state index is 12.8. The molecule has 23 heavy (non-hydrogen) atoms. The Labute approximate surface area is 135 Å². The van der Waals surface area contributed by atoms with Crippen LogP contribution in [0.5, 0.6) is 0 Å². The number of nitrogens with zero attached hydrogens (tertiary/aromatic N) is 1. The number of hydrogen-bond acceptors (Lipinski definition) is 4. The highest BCUT2D eigenvalue weighted by Gasteiger charge is 2.42. The molecule has 118 valence electrons. The average Bonchev–Trinajstić information content (AvgIpc) is 3.07. The van der Waals surface area contributed by atoms with Crippen molar-refractivity contribution < 1.29 is 14.3 Å². The molecule has 1 aliphatic rings. The zero-order valence-corrected chi connectivity index (χ0v) is 13.0. The van der Waals surface area contributed by atoms with E-state index in [-0.39, 0.29) is 17.7 Å². The third-order valence-corrected chi connectivity index (χ3v) is 4.34. The molecule has 3 rings (SSSR count). The lowest BCUT2D eigenvalue weighted by molar-refractivity contribution is -0.145. The molecule has 0 N–H and O–H groups in total. The molecule has 4 nitrogen and oxygen atoms in total. The maximum atomic E-state index is 12.8. The van der Waals surface area contributed by atoms with Crippen LogP contribution in [0, 0.1) is 11.8 Å². The maximum Gasteiger partial charge on any atom is 0.311 e. The van der Waals surface area contributed by atoms with E-state index in [2.05, 4.69) is 4.90 Å². The highest BCUT2D eigenvalue weighted by molar-refractivity contribution is 6.01. The van der Waals surface area contributed by atoms with Gasteiger partial charge in [-0.2, -0.15) is 0 Å². The van der Waals surface area contributed by atoms with Gasteiger partial charge in [-0.1, -0.05) is 48.5 Å². The van der Waals surface area contributed by atoms with Gasteiger partial charge in [0.2, 0.25) is 0 Å². The van der Waals surface area contributed by atoms with Crippen molar-refractivity contribution in [3.8, 4) is 0 Å². The zero-order valence-electron chi connectivity index (χ0n) is 13.0. The molecular formula is C19H19NO3. The third-order valence-electron chi connectivity index (χ3n) is 4.34. The second-order valence-electron chi connectivity index (χ2n) is 5.71. The van der Waals surface area contributed by atoms with Crippen LogP contribution in [0.15, 0.2) is 60.7 Å². The summed E-state index contributed by atoms with van der Waals surface area (Å²) in [7, 11) is 1.37. The van der Waals surface area contributed by atoms with Gasteiger partial charge in [0.1, 0.15) is 0 Å². The monoisotopic (exact) mass is 309 g/mol. The first-order valence-electron chi connectivity index (χ1n) is 7.68. The number of ether oxygens (including phenoxy) is 1. The average molecular weight is 309 g/mol. The number of hydrogen-bond donors (Lipinski definition) is 0. The van der Waals surface area contributed by atoms with E-state index in [1.807, 2.05) is 48.5 Å². The van der Waals surface area contributed by atoms with Gasteiger partial charge >= 0.3 is 5.97 Å². The number of methoxy groups -OCH3 is 1. The molecule has 1 aliphatic heterocycles. The summed E-state index contributed by atoms with van der Waals surface area (Å²) >= 11 is 0. The minimum Gasteiger partial charge on any atom is -0.469 e. The molecule has 0 spiro atoms. The van der Waals surface area contributed by atoms with Crippen LogP contribution in [0.1, 0.15) is 10.4 Å². The molecule has 2 atom stereocenters. The molecule has 0 saturated carbocycles. The molecule has 1 saturated heterocycles. The van der Waals surface area contributed by atoms with Gasteiger partial charge in [-0.05, 0) is 12.1 Å². The molecule has 0 bridgehead atoms. The molecule has 4 heteroatoms. The summed E-state index contributed by atoms with van der Waals surface area (Å²) in [5.74, 6) is -1.14. The van der Waals surface area contributed by atoms with E-state index >= 15 is 0 Å². The zero-order chi connectivity index (χ0) is 16.2. The summed E-state index contributed by atoms with van der Waals surface area (Å²) in [6, 6.07) is 19.0. The van der Waals surface area contributed by atoms with Gasteiger partial charge in [-0.3, -0.25) is 9.59 Å². The number of esters is 1. The first-order chi connectivity index (χ1) is 11.2. The standard InChI is InChI=1S/C19H19NO3/c1-23-19(22)17-13-20(15-10-6-3-7-11-15)12-16(17)18(21)14-8-4-2-5-9-14/h2-11,16-17H,12-13H2,1H3/t16-,17+/m0/s1. The second-order valence-corrected chi connectivity index (χ2v) is 5.71. The van der Waals surface area contributed by atoms with Crippen LogP contribution in [0.3, 0.4) is 0 Å². The van der Waals surface area contributed by atoms with E-state index in [9.17, 15) is 9.59 Å². The van der Waals surface area contributed by atoms with Gasteiger partial charge in [0.15, 0.2) is 5.78 Å². The van der Waals surface area contributed by atoms with Gasteiger partial charge in [0.05, 0.1) is 18.9 Å². The molecule has 0 aliphatic carbocycles. The molecule has 1 fully saturated rings. The number of carbonyl (C=O) groups is 2. The Balaban J connectivity index is 1.87. The summed E-state index contributed by atoms with van der Waals surface area (Å²) in [4.78, 5) is 27.0. The van der Waals surface area contributed by atoms with Crippen LogP contribution in [-0.2, 0) is 9.53 Å². The molecule has 2 aromatic rings. The molecule has 0 unspecified atom stereocenters. The van der Waals surface area contributed by atoms with Crippen molar-refractivity contribution >= 4 is 17.4 Å². The van der Waals surface area contributed by atoms with E-state index in [1.54, 1.807) is 12.1 Å². The Morgan fingerprint density at radius 3 is 2.09 bits per heavy atom. The summed E-state index contributed by atoms with van der Waals surface area (Å²) in [6.45, 7) is 1.03. The summed E-state index contributed by atoms with van der Waals surface area (Å²) in [5.41, 5.74) is 1.66. The van der Waals surface area contributed by atoms with Crippen molar-refractivity contribution in [3.63, 3.8) is 0 Å². The van der Waals surface area contributed by atoms with E-state index in [1.165, 1.54) is 7.11 Å². The molecule has 1 heterocycles. The van der Waals surface area contributed by atoms with E-state index < -0.39 is 5.92 Å². The number of benzene rings is 2. The summed E-state index contributed by atoms with van der Waals surface area (Å²) < 4.78 is 4.92. The molecule has 0 amide bonds. The van der Waals surface area contributed by atoms with Crippen molar-refractivity contribution in [2.45, 2.75) is 0 Å². The fourth-order valence-electron chi connectivity index (χ4n) is 3.13. The molecule has 2 aromatic carbocycles. The Bertz CT molecular complexity index is 684. The Morgan fingerprint density at radius 2 is 1.48 bits per heavy atom. The number of ketones is 1. The number of rotatable bonds is 4. The third kappa shape index (κ3) is 3.11. The largest absolute Gasteiger partial charge is 0.469 e. The first kappa shape index (κ1) is 15.3. The molecular weight excluding hydrogens is 290 g/mol. The Morgan fingerprint density at radius 1 is 0.913 bits per heavy atom. The minimum atomic E-state index is -0.437. The van der Waals surface area contributed by atoms with Crippen LogP contribution < -0.4 is 4.90 Å². The van der Waals surface area contributed by atoms with Crippen LogP contribution in [-0.4, -0.2) is 32.0 Å². The van der Waals surface area contributed by atoms with Crippen molar-refractivity contribution in [1.82, 2.24) is 0 Å². The van der Waals surface area contributed by atoms with Crippen LogP contribution in [0.4, 0.5) is 5.69 Å². The Hall–Kier alpha value is -2.62. The quantitative estimate of drug-likeness (QED) is 0.643. The topological polar surface area (TPSA) is 46.6 Å². The highest BCUT2D eigenvalue weighted by Crippen LogP contribution is 2.31. The lowest BCUT2D eigenvalue weighted by atomic mass is 9.88. The first-order valence-corrected chi connectivity index (χ1v) is 7.68. The van der Waals surface area contributed by atoms with E-state index in [0.717, 1.165) is 5.69 Å². The van der Waals surface area contributed by atoms with Gasteiger partial charge in [0.25, 0.3) is 0 Å². The lowest BCUT2D eigenvalue weighted by Crippen LogP contribution is -2.29. The predicted octanol–water partition coefficient (Wildman–Crippen LogP) is 2.79. The van der Waals surface area contributed by atoms with E-state index in [4.69, 9.17) is 4.74 Å². The summed E-state index contributed by atoms with van der Waals surface area (Å²) in [5, 5.41) is 0. The Kier molecular flexibility index (Phi) is 4.42. The van der Waals surface area contributed by atoms with Gasteiger partial charge in [0, 0.05) is 24.3 Å². The second kappa shape index (κ2) is 6.65. The number of carbonyl (C=O) groups excluding carboxylic acids is 2. The number of Topliss-reactive ketones (excluding diaryl/α,β-unsaturated/α-hetero) is 1. The van der Waals surface area contributed by atoms with Crippen LogP contribution in [0.25, 0.3) is 0 Å². The van der Waals surface area contributed by atoms with Crippen LogP contribution >= 0.6 is 0 Å². The van der Waals surface area contributed by atoms with Gasteiger partial charge < -0.3 is 9.64 Å². The predicted molar refractivity (Wildman–Crippen MR) is 88.4 cm³/mol. The van der Waals surface area contributed by atoms with Crippen molar-refractivity contribution in [2.75, 3.05) is 25.1 Å². The van der Waals surface area contributed by atoms with Gasteiger partial charge in [-0.25, -0.2) is 0 Å². The van der Waals surface area contributed by atoms with Crippen molar-refractivity contribution in [2.24, 2.45) is 11.8 Å². The molecule has 0 radical (unpaired) electrons. The lowest BCUT2D eigenvalue weighted by Gasteiger charge is -2.18. The van der Waals surface area contributed by atoms with Gasteiger partial charge in [-0.15, -0.1) is 0 Å². The number of anilines is 1. The summed E-state index contributed by atoms with van der Waals surface area (Å²) in [6.07, 6.45) is 0. The smallest absolute Gasteiger partial charge is 0.311 e. The van der Waals surface area contributed by atoms with Crippen molar-refractivity contribution in [3.05, 3.63) is 66.2 Å². The normalized spacial score (nSPS) is 20.3. The van der Waals surface area contributed by atoms with Crippen molar-refractivity contribution in [1.29, 1.82) is 0 Å². The van der Waals surface area contributed by atoms with E-state index in [0.29, 0.717) is 18.7 Å². The number of para-hydroxylation sites is 1. The minimum absolute atomic E-state index is 0.000527. The fraction of sp³-hybridized carbons (Fsp3) is 0.263. The van der Waals surface area contributed by atoms with Crippen LogP contribution in [0.2, 0.25) is 0 Å². The fourth-order valence-corrected chi connectivity index (χ4v) is 3.13.